The van der Waals surface area contributed by atoms with Gasteiger partial charge in [-0.05, 0) is 108 Å². The number of halogens is 2. The second-order valence-corrected chi connectivity index (χ2v) is 19.8. The molecule has 338 valence electrons. The first-order valence-corrected chi connectivity index (χ1v) is 23.6. The summed E-state index contributed by atoms with van der Waals surface area (Å²) >= 11 is 15.1. The van der Waals surface area contributed by atoms with Gasteiger partial charge in [-0.15, -0.1) is 0 Å². The zero-order valence-corrected chi connectivity index (χ0v) is 38.8. The van der Waals surface area contributed by atoms with E-state index in [-0.39, 0.29) is 40.3 Å². The van der Waals surface area contributed by atoms with E-state index in [0.717, 1.165) is 97.4 Å². The zero-order valence-electron chi connectivity index (χ0n) is 35.6. The number of rotatable bonds is 7. The summed E-state index contributed by atoms with van der Waals surface area (Å²) in [6.45, 7) is 3.35. The van der Waals surface area contributed by atoms with Gasteiger partial charge < -0.3 is 54.0 Å². The molecule has 0 bridgehead atoms. The van der Waals surface area contributed by atoms with E-state index in [1.54, 1.807) is 50.1 Å². The number of ether oxygens (including phenoxy) is 1. The number of piperidine rings is 2. The van der Waals surface area contributed by atoms with Crippen LogP contribution in [0.25, 0.3) is 0 Å². The Kier molecular flexibility index (Phi) is 12.4. The van der Waals surface area contributed by atoms with Crippen LogP contribution < -0.4 is 48.9 Å². The number of nitrogens with zero attached hydrogens (tertiary/aromatic N) is 8. The fourth-order valence-corrected chi connectivity index (χ4v) is 11.7. The monoisotopic (exact) mass is 952 g/mol. The molecule has 6 aromatic rings. The maximum Gasteiger partial charge on any atom is 0.158 e. The van der Waals surface area contributed by atoms with Crippen molar-refractivity contribution in [3.63, 3.8) is 0 Å². The maximum atomic E-state index is 9.85. The summed E-state index contributed by atoms with van der Waals surface area (Å²) in [6, 6.07) is 15.3. The summed E-state index contributed by atoms with van der Waals surface area (Å²) in [5.41, 5.74) is 42.4. The Hall–Kier alpha value is -5.50. The van der Waals surface area contributed by atoms with E-state index in [1.807, 2.05) is 18.2 Å². The number of methoxy groups -OCH3 is 1. The molecule has 0 unspecified atom stereocenters. The van der Waals surface area contributed by atoms with Crippen LogP contribution in [0.2, 0.25) is 10.0 Å². The molecule has 2 spiro atoms. The van der Waals surface area contributed by atoms with Crippen LogP contribution in [0.3, 0.4) is 0 Å². The van der Waals surface area contributed by atoms with Crippen LogP contribution >= 0.6 is 46.7 Å². The van der Waals surface area contributed by atoms with Crippen LogP contribution in [-0.2, 0) is 12.8 Å². The van der Waals surface area contributed by atoms with Crippen molar-refractivity contribution in [1.82, 2.24) is 29.9 Å². The molecule has 6 heterocycles. The Bertz CT molecular complexity index is 2750. The Morgan fingerprint density at radius 1 is 0.631 bits per heavy atom. The molecule has 16 nitrogen and oxygen atoms in total. The molecule has 4 aliphatic rings. The maximum absolute atomic E-state index is 9.85. The summed E-state index contributed by atoms with van der Waals surface area (Å²) in [7, 11) is 1.69. The average Bonchev–Trinajstić information content (AvgIpc) is 3.73. The molecule has 2 saturated heterocycles. The molecular formula is C45H50Cl2N14O2S2. The first-order valence-electron chi connectivity index (χ1n) is 21.2. The topological polar surface area (TPSA) is 269 Å². The molecule has 0 saturated carbocycles. The second kappa shape index (κ2) is 18.1. The Morgan fingerprint density at radius 2 is 1.08 bits per heavy atom. The van der Waals surface area contributed by atoms with Crippen molar-refractivity contribution in [2.24, 2.45) is 22.3 Å². The standard InChI is InChI=1S/C23H26ClN7OS.C22H24ClN7OS/c1-32-14-3-2-13-11-23(19(25)15(13)10-14)5-8-31(9-6-23)17-12-29-22(21(27)30-17)33-16-4-7-28-20(26)18(16)24;23-17-15(3-6-27-19(17)25)32-21-20(26)29-16(11-28-21)30-7-4-22(5-8-30)10-12-1-2-13(31)9-14(12)18(22)24/h2-4,7,10,12,19H,5-6,8-9,11,25H2,1H3,(H2,26,28)(H2,27,30);1-3,6,9,11,18,31H,4-5,7-8,10,24H2,(H2,25,27)(H2,26,29)/t19-;18-/m11/s1. The minimum atomic E-state index is -0.0702. The Labute approximate surface area is 395 Å². The summed E-state index contributed by atoms with van der Waals surface area (Å²) in [4.78, 5) is 32.2. The number of aromatic nitrogens is 6. The van der Waals surface area contributed by atoms with Gasteiger partial charge in [-0.25, -0.2) is 29.9 Å². The van der Waals surface area contributed by atoms with Crippen LogP contribution in [0.5, 0.6) is 11.5 Å². The van der Waals surface area contributed by atoms with Crippen molar-refractivity contribution in [3.8, 4) is 11.5 Å². The number of pyridine rings is 2. The highest BCUT2D eigenvalue weighted by Gasteiger charge is 2.47. The van der Waals surface area contributed by atoms with Gasteiger partial charge >= 0.3 is 0 Å². The highest BCUT2D eigenvalue weighted by atomic mass is 35.5. The quantitative estimate of drug-likeness (QED) is 0.0842. The molecule has 13 N–H and O–H groups in total. The van der Waals surface area contributed by atoms with Gasteiger partial charge in [0.15, 0.2) is 11.6 Å². The fourth-order valence-electron chi connectivity index (χ4n) is 9.64. The van der Waals surface area contributed by atoms with E-state index in [4.69, 9.17) is 62.3 Å². The van der Waals surface area contributed by atoms with E-state index >= 15 is 0 Å². The van der Waals surface area contributed by atoms with Crippen molar-refractivity contribution in [1.29, 1.82) is 0 Å². The van der Waals surface area contributed by atoms with Crippen molar-refractivity contribution >= 4 is 81.6 Å². The van der Waals surface area contributed by atoms with Crippen LogP contribution in [-0.4, -0.2) is 68.3 Å². The summed E-state index contributed by atoms with van der Waals surface area (Å²) in [5, 5.41) is 11.8. The molecule has 2 atom stereocenters. The van der Waals surface area contributed by atoms with Crippen molar-refractivity contribution < 1.29 is 9.84 Å². The molecule has 2 aliphatic carbocycles. The third kappa shape index (κ3) is 8.70. The third-order valence-electron chi connectivity index (χ3n) is 13.4. The Morgan fingerprint density at radius 3 is 1.52 bits per heavy atom. The minimum absolute atomic E-state index is 0.0113. The number of nitrogen functional groups attached to an aromatic ring is 4. The number of phenols is 1. The molecule has 2 fully saturated rings. The molecule has 65 heavy (non-hydrogen) atoms. The molecule has 4 aromatic heterocycles. The first-order chi connectivity index (χ1) is 31.3. The number of aromatic hydroxyl groups is 1. The van der Waals surface area contributed by atoms with Crippen LogP contribution in [0.1, 0.15) is 60.0 Å². The highest BCUT2D eigenvalue weighted by molar-refractivity contribution is 7.99. The number of hydrogen-bond donors (Lipinski definition) is 7. The lowest BCUT2D eigenvalue weighted by Crippen LogP contribution is -2.44. The fraction of sp³-hybridized carbons (Fsp3) is 0.333. The molecule has 0 amide bonds. The van der Waals surface area contributed by atoms with Gasteiger partial charge in [0.1, 0.15) is 44.8 Å². The normalized spacial score (nSPS) is 19.2. The predicted molar refractivity (Wildman–Crippen MR) is 259 cm³/mol. The van der Waals surface area contributed by atoms with E-state index < -0.39 is 0 Å². The molecular weight excluding hydrogens is 904 g/mol. The summed E-state index contributed by atoms with van der Waals surface area (Å²) < 4.78 is 5.40. The van der Waals surface area contributed by atoms with Gasteiger partial charge in [-0.1, -0.05) is 58.9 Å². The molecule has 0 radical (unpaired) electrons. The van der Waals surface area contributed by atoms with Gasteiger partial charge in [0.2, 0.25) is 0 Å². The van der Waals surface area contributed by atoms with Crippen molar-refractivity contribution in [3.05, 3.63) is 106 Å². The van der Waals surface area contributed by atoms with Crippen LogP contribution in [0, 0.1) is 10.8 Å². The summed E-state index contributed by atoms with van der Waals surface area (Å²) in [5.74, 6) is 3.91. The molecule has 2 aromatic carbocycles. The van der Waals surface area contributed by atoms with E-state index in [1.165, 1.54) is 40.2 Å². The smallest absolute Gasteiger partial charge is 0.158 e. The third-order valence-corrected chi connectivity index (χ3v) is 16.6. The van der Waals surface area contributed by atoms with Gasteiger partial charge in [0.25, 0.3) is 0 Å². The SMILES string of the molecule is COc1ccc2c(c1)[C@@H](N)C1(CCN(c3cnc(Sc4ccnc(N)c4Cl)c(N)n3)CC1)C2.Nc1nc(N2CCC3(CC2)Cc2ccc(O)cc2[C@H]3N)cnc1Sc1ccnc(N)c1Cl. The number of hydrogen-bond acceptors (Lipinski definition) is 18. The average molecular weight is 954 g/mol. The number of phenolic OH excluding ortho intramolecular Hbond substituents is 1. The number of anilines is 6. The predicted octanol–water partition coefficient (Wildman–Crippen LogP) is 7.08. The number of benzene rings is 2. The van der Waals surface area contributed by atoms with Crippen LogP contribution in [0.4, 0.5) is 34.9 Å². The zero-order chi connectivity index (χ0) is 45.6. The van der Waals surface area contributed by atoms with Crippen LogP contribution in [0.15, 0.2) is 93.2 Å². The van der Waals surface area contributed by atoms with Gasteiger partial charge in [0.05, 0.1) is 29.5 Å². The molecule has 2 aliphatic heterocycles. The lowest BCUT2D eigenvalue weighted by molar-refractivity contribution is 0.187. The Balaban J connectivity index is 0.000000164. The van der Waals surface area contributed by atoms with E-state index in [0.29, 0.717) is 31.7 Å². The first kappa shape index (κ1) is 44.7. The van der Waals surface area contributed by atoms with Gasteiger partial charge in [-0.2, -0.15) is 0 Å². The molecule has 10 rings (SSSR count). The number of nitrogens with two attached hydrogens (primary N) is 6. The second-order valence-electron chi connectivity index (χ2n) is 17.0. The van der Waals surface area contributed by atoms with E-state index in [2.05, 4.69) is 51.8 Å². The lowest BCUT2D eigenvalue weighted by atomic mass is 9.73. The lowest BCUT2D eigenvalue weighted by Gasteiger charge is -2.42. The molecule has 20 heteroatoms. The largest absolute Gasteiger partial charge is 0.508 e. The summed E-state index contributed by atoms with van der Waals surface area (Å²) in [6.07, 6.45) is 12.5. The van der Waals surface area contributed by atoms with Gasteiger partial charge in [-0.3, -0.25) is 0 Å². The van der Waals surface area contributed by atoms with Gasteiger partial charge in [0, 0.05) is 60.4 Å². The van der Waals surface area contributed by atoms with Crippen molar-refractivity contribution in [2.75, 3.05) is 66.0 Å². The number of fused-ring (bicyclic) bond motifs is 2. The van der Waals surface area contributed by atoms with E-state index in [9.17, 15) is 5.11 Å². The minimum Gasteiger partial charge on any atom is -0.508 e. The van der Waals surface area contributed by atoms with Crippen molar-refractivity contribution in [2.45, 2.75) is 70.5 Å². The highest BCUT2D eigenvalue weighted by Crippen LogP contribution is 2.53.